The van der Waals surface area contributed by atoms with E-state index in [1.54, 1.807) is 23.5 Å². The van der Waals surface area contributed by atoms with Crippen molar-refractivity contribution in [1.82, 2.24) is 0 Å². The molecule has 0 amide bonds. The van der Waals surface area contributed by atoms with Crippen molar-refractivity contribution in [2.24, 2.45) is 0 Å². The van der Waals surface area contributed by atoms with E-state index in [-0.39, 0.29) is 5.75 Å². The van der Waals surface area contributed by atoms with Crippen LogP contribution in [0.4, 0.5) is 0 Å². The van der Waals surface area contributed by atoms with Crippen molar-refractivity contribution in [1.29, 1.82) is 0 Å². The molecule has 1 aromatic heterocycles. The van der Waals surface area contributed by atoms with Crippen molar-refractivity contribution < 1.29 is 5.11 Å². The second-order valence-corrected chi connectivity index (χ2v) is 5.95. The molecule has 3 rings (SSSR count). The van der Waals surface area contributed by atoms with Crippen LogP contribution in [0.1, 0.15) is 0 Å². The molecule has 0 atom stereocenters. The number of phenolic OH excluding ortho intramolecular Hbond substituents is 1. The van der Waals surface area contributed by atoms with E-state index in [0.717, 1.165) is 25.9 Å². The maximum atomic E-state index is 9.50. The van der Waals surface area contributed by atoms with Crippen LogP contribution < -0.4 is 0 Å². The highest BCUT2D eigenvalue weighted by Crippen LogP contribution is 2.32. The number of phenols is 1. The third-order valence-electron chi connectivity index (χ3n) is 2.92. The molecule has 0 fully saturated rings. The molecular weight excluding hydrogens is 276 g/mol. The largest absolute Gasteiger partial charge is 0.508 e. The zero-order chi connectivity index (χ0) is 13.2. The summed E-state index contributed by atoms with van der Waals surface area (Å²) in [4.78, 5) is 1.16. The lowest BCUT2D eigenvalue weighted by Gasteiger charge is -2.04. The molecule has 0 bridgehead atoms. The summed E-state index contributed by atoms with van der Waals surface area (Å²) >= 11 is 7.52. The van der Waals surface area contributed by atoms with E-state index in [9.17, 15) is 5.11 Å². The third kappa shape index (κ3) is 2.65. The average Bonchev–Trinajstić information content (AvgIpc) is 2.86. The van der Waals surface area contributed by atoms with Crippen LogP contribution in [0.15, 0.2) is 60.7 Å². The maximum Gasteiger partial charge on any atom is 0.116 e. The van der Waals surface area contributed by atoms with Crippen molar-refractivity contribution in [2.75, 3.05) is 0 Å². The van der Waals surface area contributed by atoms with Crippen LogP contribution in [-0.4, -0.2) is 5.11 Å². The Labute approximate surface area is 120 Å². The Kier molecular flexibility index (Phi) is 3.28. The fraction of sp³-hybridized carbons (Fsp3) is 0. The zero-order valence-corrected chi connectivity index (χ0v) is 11.6. The van der Waals surface area contributed by atoms with Crippen molar-refractivity contribution in [2.45, 2.75) is 0 Å². The molecule has 1 heterocycles. The highest BCUT2D eigenvalue weighted by atomic mass is 35.5. The molecule has 0 saturated carbocycles. The SMILES string of the molecule is Oc1cccc(-c2ccc(-c3ccc(Cl)s3)cc2)c1. The lowest BCUT2D eigenvalue weighted by Crippen LogP contribution is -1.78. The number of benzene rings is 2. The van der Waals surface area contributed by atoms with Gasteiger partial charge < -0.3 is 5.11 Å². The Morgan fingerprint density at radius 3 is 2.16 bits per heavy atom. The Morgan fingerprint density at radius 2 is 1.53 bits per heavy atom. The van der Waals surface area contributed by atoms with Crippen molar-refractivity contribution in [3.05, 3.63) is 65.0 Å². The summed E-state index contributed by atoms with van der Waals surface area (Å²) in [5, 5.41) is 9.50. The van der Waals surface area contributed by atoms with Crippen LogP contribution in [0.25, 0.3) is 21.6 Å². The van der Waals surface area contributed by atoms with Crippen molar-refractivity contribution in [3.63, 3.8) is 0 Å². The smallest absolute Gasteiger partial charge is 0.116 e. The van der Waals surface area contributed by atoms with E-state index < -0.39 is 0 Å². The molecule has 1 nitrogen and oxygen atoms in total. The van der Waals surface area contributed by atoms with Gasteiger partial charge in [-0.1, -0.05) is 48.0 Å². The molecule has 19 heavy (non-hydrogen) atoms. The average molecular weight is 287 g/mol. The predicted octanol–water partition coefficient (Wildman–Crippen LogP) is 5.44. The minimum absolute atomic E-state index is 0.284. The fourth-order valence-electron chi connectivity index (χ4n) is 1.98. The second kappa shape index (κ2) is 5.08. The number of hydrogen-bond donors (Lipinski definition) is 1. The van der Waals surface area contributed by atoms with E-state index in [0.29, 0.717) is 0 Å². The van der Waals surface area contributed by atoms with E-state index >= 15 is 0 Å². The minimum Gasteiger partial charge on any atom is -0.508 e. The molecule has 1 N–H and O–H groups in total. The van der Waals surface area contributed by atoms with Gasteiger partial charge in [-0.05, 0) is 41.0 Å². The molecule has 94 valence electrons. The van der Waals surface area contributed by atoms with E-state index in [1.807, 2.05) is 24.3 Å². The first-order valence-corrected chi connectivity index (χ1v) is 7.07. The van der Waals surface area contributed by atoms with Gasteiger partial charge in [-0.25, -0.2) is 0 Å². The summed E-state index contributed by atoms with van der Waals surface area (Å²) in [6, 6.07) is 19.4. The fourth-order valence-corrected chi connectivity index (χ4v) is 3.03. The Balaban J connectivity index is 1.95. The quantitative estimate of drug-likeness (QED) is 0.665. The predicted molar refractivity (Wildman–Crippen MR) is 81.9 cm³/mol. The van der Waals surface area contributed by atoms with Crippen molar-refractivity contribution in [3.8, 4) is 27.3 Å². The number of rotatable bonds is 2. The van der Waals surface area contributed by atoms with E-state index in [2.05, 4.69) is 24.3 Å². The van der Waals surface area contributed by atoms with Gasteiger partial charge in [0.2, 0.25) is 0 Å². The minimum atomic E-state index is 0.284. The molecule has 2 aromatic carbocycles. The van der Waals surface area contributed by atoms with Crippen LogP contribution in [0, 0.1) is 0 Å². The highest BCUT2D eigenvalue weighted by molar-refractivity contribution is 7.19. The van der Waals surface area contributed by atoms with Crippen molar-refractivity contribution >= 4 is 22.9 Å². The standard InChI is InChI=1S/C16H11ClOS/c17-16-9-8-15(19-16)12-6-4-11(5-7-12)13-2-1-3-14(18)10-13/h1-10,18H. The van der Waals surface area contributed by atoms with Gasteiger partial charge in [0.1, 0.15) is 5.75 Å². The van der Waals surface area contributed by atoms with E-state index in [1.165, 1.54) is 0 Å². The highest BCUT2D eigenvalue weighted by Gasteiger charge is 2.03. The number of halogens is 1. The van der Waals surface area contributed by atoms with Crippen LogP contribution in [0.3, 0.4) is 0 Å². The molecule has 0 aliphatic heterocycles. The molecule has 0 unspecified atom stereocenters. The topological polar surface area (TPSA) is 20.2 Å². The Bertz CT molecular complexity index is 701. The lowest BCUT2D eigenvalue weighted by molar-refractivity contribution is 0.475. The van der Waals surface area contributed by atoms with Gasteiger partial charge in [0.05, 0.1) is 4.34 Å². The number of thiophene rings is 1. The van der Waals surface area contributed by atoms with Crippen LogP contribution in [-0.2, 0) is 0 Å². The zero-order valence-electron chi connectivity index (χ0n) is 10.0. The first kappa shape index (κ1) is 12.3. The summed E-state index contributed by atoms with van der Waals surface area (Å²) in [5.74, 6) is 0.284. The third-order valence-corrected chi connectivity index (χ3v) is 4.20. The molecule has 3 heteroatoms. The molecule has 0 aliphatic carbocycles. The summed E-state index contributed by atoms with van der Waals surface area (Å²) < 4.78 is 0.798. The van der Waals surface area contributed by atoms with Gasteiger partial charge in [-0.15, -0.1) is 11.3 Å². The molecular formula is C16H11ClOS. The number of aromatic hydroxyl groups is 1. The summed E-state index contributed by atoms with van der Waals surface area (Å²) in [7, 11) is 0. The van der Waals surface area contributed by atoms with Crippen LogP contribution >= 0.6 is 22.9 Å². The normalized spacial score (nSPS) is 10.6. The Hall–Kier alpha value is -1.77. The first-order valence-electron chi connectivity index (χ1n) is 5.87. The molecule has 0 aliphatic rings. The van der Waals surface area contributed by atoms with Crippen LogP contribution in [0.2, 0.25) is 4.34 Å². The molecule has 0 spiro atoms. The molecule has 3 aromatic rings. The van der Waals surface area contributed by atoms with Gasteiger partial charge in [0.25, 0.3) is 0 Å². The monoisotopic (exact) mass is 286 g/mol. The summed E-state index contributed by atoms with van der Waals surface area (Å²) in [6.45, 7) is 0. The van der Waals surface area contributed by atoms with Gasteiger partial charge in [-0.2, -0.15) is 0 Å². The molecule has 0 saturated heterocycles. The van der Waals surface area contributed by atoms with E-state index in [4.69, 9.17) is 11.6 Å². The van der Waals surface area contributed by atoms with Gasteiger partial charge >= 0.3 is 0 Å². The van der Waals surface area contributed by atoms with Gasteiger partial charge in [0.15, 0.2) is 0 Å². The Morgan fingerprint density at radius 1 is 0.789 bits per heavy atom. The maximum absolute atomic E-state index is 9.50. The number of hydrogen-bond acceptors (Lipinski definition) is 2. The second-order valence-electron chi connectivity index (χ2n) is 4.23. The van der Waals surface area contributed by atoms with Crippen LogP contribution in [0.5, 0.6) is 5.75 Å². The summed E-state index contributed by atoms with van der Waals surface area (Å²) in [5.41, 5.74) is 3.25. The first-order chi connectivity index (χ1) is 9.22. The molecule has 0 radical (unpaired) electrons. The van der Waals surface area contributed by atoms with Gasteiger partial charge in [-0.3, -0.25) is 0 Å². The van der Waals surface area contributed by atoms with Gasteiger partial charge in [0, 0.05) is 4.88 Å². The summed E-state index contributed by atoms with van der Waals surface area (Å²) in [6.07, 6.45) is 0. The lowest BCUT2D eigenvalue weighted by atomic mass is 10.0.